The zero-order valence-electron chi connectivity index (χ0n) is 9.98. The minimum absolute atomic E-state index is 0.0175. The van der Waals surface area contributed by atoms with Gasteiger partial charge in [0.1, 0.15) is 5.69 Å². The Bertz CT molecular complexity index is 555. The maximum atomic E-state index is 11.3. The molecule has 4 nitrogen and oxygen atoms in total. The maximum Gasteiger partial charge on any atom is 0.178 e. The molecule has 4 heteroatoms. The summed E-state index contributed by atoms with van der Waals surface area (Å²) in [6, 6.07) is 3.91. The highest BCUT2D eigenvalue weighted by molar-refractivity contribution is 5.94. The van der Waals surface area contributed by atoms with Crippen LogP contribution in [0.3, 0.4) is 0 Å². The SMILES string of the molecule is CC(=O)c1ccc2c(C)nn(C(C)C)c2n1. The number of rotatable bonds is 2. The molecule has 0 unspecified atom stereocenters. The summed E-state index contributed by atoms with van der Waals surface area (Å²) in [5.74, 6) is -0.0175. The first-order valence-electron chi connectivity index (χ1n) is 5.37. The van der Waals surface area contributed by atoms with Crippen molar-refractivity contribution < 1.29 is 4.79 Å². The van der Waals surface area contributed by atoms with Gasteiger partial charge in [-0.15, -0.1) is 0 Å². The fraction of sp³-hybridized carbons (Fsp3) is 0.417. The van der Waals surface area contributed by atoms with E-state index in [0.29, 0.717) is 5.69 Å². The number of carbonyl (C=O) groups excluding carboxylic acids is 1. The lowest BCUT2D eigenvalue weighted by Crippen LogP contribution is -2.05. The lowest BCUT2D eigenvalue weighted by atomic mass is 10.2. The lowest BCUT2D eigenvalue weighted by molar-refractivity contribution is 0.101. The van der Waals surface area contributed by atoms with Crippen LogP contribution >= 0.6 is 0 Å². The molecule has 84 valence electrons. The zero-order valence-corrected chi connectivity index (χ0v) is 9.98. The number of hydrogen-bond acceptors (Lipinski definition) is 3. The largest absolute Gasteiger partial charge is 0.293 e. The molecule has 0 N–H and O–H groups in total. The summed E-state index contributed by atoms with van der Waals surface area (Å²) in [6.45, 7) is 7.58. The fourth-order valence-corrected chi connectivity index (χ4v) is 1.72. The molecule has 0 saturated carbocycles. The summed E-state index contributed by atoms with van der Waals surface area (Å²) in [5.41, 5.74) is 2.24. The Labute approximate surface area is 94.3 Å². The molecule has 0 aromatic carbocycles. The number of pyridine rings is 1. The molecule has 2 aromatic heterocycles. The molecule has 0 saturated heterocycles. The van der Waals surface area contributed by atoms with Crippen molar-refractivity contribution in [3.05, 3.63) is 23.5 Å². The van der Waals surface area contributed by atoms with E-state index in [4.69, 9.17) is 0 Å². The normalized spacial score (nSPS) is 11.3. The Hall–Kier alpha value is -1.71. The van der Waals surface area contributed by atoms with Gasteiger partial charge in [0.05, 0.1) is 5.69 Å². The van der Waals surface area contributed by atoms with Crippen molar-refractivity contribution in [3.63, 3.8) is 0 Å². The van der Waals surface area contributed by atoms with Crippen LogP contribution in [0.15, 0.2) is 12.1 Å². The van der Waals surface area contributed by atoms with Gasteiger partial charge in [0.25, 0.3) is 0 Å². The van der Waals surface area contributed by atoms with Gasteiger partial charge in [-0.2, -0.15) is 5.10 Å². The van der Waals surface area contributed by atoms with E-state index in [1.165, 1.54) is 6.92 Å². The number of fused-ring (bicyclic) bond motifs is 1. The number of nitrogens with zero attached hydrogens (tertiary/aromatic N) is 3. The van der Waals surface area contributed by atoms with Gasteiger partial charge in [0.15, 0.2) is 11.4 Å². The van der Waals surface area contributed by atoms with Crippen molar-refractivity contribution in [1.29, 1.82) is 0 Å². The smallest absolute Gasteiger partial charge is 0.178 e. The first-order chi connectivity index (χ1) is 7.50. The zero-order chi connectivity index (χ0) is 11.9. The number of aryl methyl sites for hydroxylation is 1. The highest BCUT2D eigenvalue weighted by Crippen LogP contribution is 2.20. The molecule has 0 spiro atoms. The highest BCUT2D eigenvalue weighted by Gasteiger charge is 2.12. The van der Waals surface area contributed by atoms with Gasteiger partial charge in [-0.05, 0) is 32.9 Å². The van der Waals surface area contributed by atoms with Crippen molar-refractivity contribution in [3.8, 4) is 0 Å². The Morgan fingerprint density at radius 1 is 1.38 bits per heavy atom. The van der Waals surface area contributed by atoms with Gasteiger partial charge >= 0.3 is 0 Å². The average molecular weight is 217 g/mol. The number of ketones is 1. The van der Waals surface area contributed by atoms with E-state index in [9.17, 15) is 4.79 Å². The van der Waals surface area contributed by atoms with E-state index < -0.39 is 0 Å². The molecule has 0 atom stereocenters. The standard InChI is InChI=1S/C12H15N3O/c1-7(2)15-12-10(8(3)14-15)5-6-11(13-12)9(4)16/h5-7H,1-4H3. The van der Waals surface area contributed by atoms with E-state index in [1.807, 2.05) is 31.5 Å². The second-order valence-electron chi connectivity index (χ2n) is 4.25. The van der Waals surface area contributed by atoms with Crippen LogP contribution in [0.1, 0.15) is 43.0 Å². The van der Waals surface area contributed by atoms with Gasteiger partial charge < -0.3 is 0 Å². The van der Waals surface area contributed by atoms with E-state index in [0.717, 1.165) is 16.7 Å². The third-order valence-corrected chi connectivity index (χ3v) is 2.59. The van der Waals surface area contributed by atoms with Crippen molar-refractivity contribution in [2.75, 3.05) is 0 Å². The van der Waals surface area contributed by atoms with E-state index in [1.54, 1.807) is 6.07 Å². The Morgan fingerprint density at radius 3 is 2.62 bits per heavy atom. The molecule has 0 fully saturated rings. The van der Waals surface area contributed by atoms with Crippen LogP contribution in [0.4, 0.5) is 0 Å². The summed E-state index contributed by atoms with van der Waals surface area (Å²) >= 11 is 0. The first kappa shape index (κ1) is 10.8. The van der Waals surface area contributed by atoms with Crippen molar-refractivity contribution >= 4 is 16.8 Å². The van der Waals surface area contributed by atoms with Crippen LogP contribution in [0, 0.1) is 6.92 Å². The number of aromatic nitrogens is 3. The molecular formula is C12H15N3O. The van der Waals surface area contributed by atoms with E-state index in [2.05, 4.69) is 10.1 Å². The van der Waals surface area contributed by atoms with Gasteiger partial charge in [0, 0.05) is 18.4 Å². The quantitative estimate of drug-likeness (QED) is 0.726. The number of hydrogen-bond donors (Lipinski definition) is 0. The molecule has 2 rings (SSSR count). The molecule has 0 aliphatic heterocycles. The monoisotopic (exact) mass is 217 g/mol. The van der Waals surface area contributed by atoms with E-state index >= 15 is 0 Å². The van der Waals surface area contributed by atoms with Crippen molar-refractivity contribution in [1.82, 2.24) is 14.8 Å². The molecule has 0 bridgehead atoms. The van der Waals surface area contributed by atoms with Crippen LogP contribution in [-0.4, -0.2) is 20.5 Å². The molecule has 0 aliphatic carbocycles. The summed E-state index contributed by atoms with van der Waals surface area (Å²) in [6.07, 6.45) is 0. The average Bonchev–Trinajstić information content (AvgIpc) is 2.56. The topological polar surface area (TPSA) is 47.8 Å². The molecule has 0 radical (unpaired) electrons. The Morgan fingerprint density at radius 2 is 2.06 bits per heavy atom. The van der Waals surface area contributed by atoms with Gasteiger partial charge in [-0.25, -0.2) is 9.67 Å². The summed E-state index contributed by atoms with van der Waals surface area (Å²) in [4.78, 5) is 15.7. The molecule has 16 heavy (non-hydrogen) atoms. The maximum absolute atomic E-state index is 11.3. The molecule has 2 heterocycles. The Balaban J connectivity index is 2.74. The number of carbonyl (C=O) groups is 1. The van der Waals surface area contributed by atoms with Crippen molar-refractivity contribution in [2.24, 2.45) is 0 Å². The third kappa shape index (κ3) is 1.60. The lowest BCUT2D eigenvalue weighted by Gasteiger charge is -2.06. The Kier molecular flexibility index (Phi) is 2.50. The van der Waals surface area contributed by atoms with Crippen LogP contribution in [0.5, 0.6) is 0 Å². The van der Waals surface area contributed by atoms with Gasteiger partial charge in [-0.1, -0.05) is 0 Å². The van der Waals surface area contributed by atoms with Gasteiger partial charge in [-0.3, -0.25) is 4.79 Å². The molecule has 0 amide bonds. The van der Waals surface area contributed by atoms with Crippen LogP contribution in [0.25, 0.3) is 11.0 Å². The van der Waals surface area contributed by atoms with E-state index in [-0.39, 0.29) is 11.8 Å². The predicted molar refractivity (Wildman–Crippen MR) is 62.7 cm³/mol. The second-order valence-corrected chi connectivity index (χ2v) is 4.25. The molecular weight excluding hydrogens is 202 g/mol. The summed E-state index contributed by atoms with van der Waals surface area (Å²) in [5, 5.41) is 5.45. The fourth-order valence-electron chi connectivity index (χ4n) is 1.72. The first-order valence-corrected chi connectivity index (χ1v) is 5.37. The molecule has 0 aliphatic rings. The van der Waals surface area contributed by atoms with Crippen molar-refractivity contribution in [2.45, 2.75) is 33.7 Å². The van der Waals surface area contributed by atoms with Crippen LogP contribution < -0.4 is 0 Å². The summed E-state index contributed by atoms with van der Waals surface area (Å²) < 4.78 is 1.86. The summed E-state index contributed by atoms with van der Waals surface area (Å²) in [7, 11) is 0. The van der Waals surface area contributed by atoms with Crippen LogP contribution in [0.2, 0.25) is 0 Å². The highest BCUT2D eigenvalue weighted by atomic mass is 16.1. The number of Topliss-reactive ketones (excluding diaryl/α,β-unsaturated/α-hetero) is 1. The van der Waals surface area contributed by atoms with Crippen LogP contribution in [-0.2, 0) is 0 Å². The minimum atomic E-state index is -0.0175. The predicted octanol–water partition coefficient (Wildman–Crippen LogP) is 2.52. The minimum Gasteiger partial charge on any atom is -0.293 e. The third-order valence-electron chi connectivity index (χ3n) is 2.59. The van der Waals surface area contributed by atoms with Gasteiger partial charge in [0.2, 0.25) is 0 Å². The second kappa shape index (κ2) is 3.70. The molecule has 2 aromatic rings.